The molecule has 1 aliphatic rings. The largest absolute Gasteiger partial charge is 0.481 e. The third-order valence-electron chi connectivity index (χ3n) is 3.30. The average molecular weight is 221 g/mol. The van der Waals surface area contributed by atoms with Crippen molar-refractivity contribution in [1.29, 1.82) is 0 Å². The first-order chi connectivity index (χ1) is 7.79. The maximum atomic E-state index is 5.07. The van der Waals surface area contributed by atoms with Crippen LogP contribution in [0.4, 0.5) is 5.95 Å². The van der Waals surface area contributed by atoms with Crippen molar-refractivity contribution in [2.24, 2.45) is 5.92 Å². The molecule has 1 fully saturated rings. The van der Waals surface area contributed by atoms with Crippen molar-refractivity contribution in [2.45, 2.75) is 38.6 Å². The third kappa shape index (κ3) is 2.62. The molecular weight excluding hydrogens is 202 g/mol. The number of anilines is 1. The Kier molecular flexibility index (Phi) is 3.59. The highest BCUT2D eigenvalue weighted by molar-refractivity contribution is 5.28. The molecule has 1 heterocycles. The Morgan fingerprint density at radius 2 is 2.19 bits per heavy atom. The molecular formula is C12H19N3O. The van der Waals surface area contributed by atoms with Gasteiger partial charge in [-0.25, -0.2) is 4.98 Å². The predicted octanol–water partition coefficient (Wildman–Crippen LogP) is 2.48. The minimum absolute atomic E-state index is 0.439. The lowest BCUT2D eigenvalue weighted by Crippen LogP contribution is -2.24. The molecule has 88 valence electrons. The normalized spacial score (nSPS) is 18.4. The molecule has 0 amide bonds. The summed E-state index contributed by atoms with van der Waals surface area (Å²) >= 11 is 0. The Balaban J connectivity index is 1.96. The van der Waals surface area contributed by atoms with Gasteiger partial charge < -0.3 is 10.1 Å². The van der Waals surface area contributed by atoms with E-state index >= 15 is 0 Å². The molecule has 1 aromatic heterocycles. The summed E-state index contributed by atoms with van der Waals surface area (Å²) in [6.45, 7) is 2.21. The molecule has 0 aromatic carbocycles. The van der Waals surface area contributed by atoms with Gasteiger partial charge in [0.1, 0.15) is 0 Å². The van der Waals surface area contributed by atoms with Gasteiger partial charge in [-0.3, -0.25) is 0 Å². The Labute approximate surface area is 96.4 Å². The monoisotopic (exact) mass is 221 g/mol. The molecule has 2 rings (SSSR count). The second kappa shape index (κ2) is 5.14. The number of rotatable bonds is 4. The Morgan fingerprint density at radius 3 is 2.88 bits per heavy atom. The summed E-state index contributed by atoms with van der Waals surface area (Å²) in [5, 5.41) is 3.36. The number of hydrogen-bond donors (Lipinski definition) is 1. The van der Waals surface area contributed by atoms with Gasteiger partial charge in [-0.1, -0.05) is 12.8 Å². The van der Waals surface area contributed by atoms with Crippen molar-refractivity contribution < 1.29 is 4.74 Å². The molecule has 1 aliphatic carbocycles. The minimum atomic E-state index is 0.439. The molecule has 1 N–H and O–H groups in total. The Hall–Kier alpha value is -1.32. The SMILES string of the molecule is COc1ccnc(NC(C)C2CCCC2)n1. The summed E-state index contributed by atoms with van der Waals surface area (Å²) in [6, 6.07) is 2.19. The van der Waals surface area contributed by atoms with Crippen LogP contribution < -0.4 is 10.1 Å². The molecule has 0 aliphatic heterocycles. The molecule has 16 heavy (non-hydrogen) atoms. The van der Waals surface area contributed by atoms with E-state index in [1.165, 1.54) is 25.7 Å². The van der Waals surface area contributed by atoms with Crippen molar-refractivity contribution in [3.05, 3.63) is 12.3 Å². The van der Waals surface area contributed by atoms with Crippen LogP contribution in [0.5, 0.6) is 5.88 Å². The van der Waals surface area contributed by atoms with E-state index in [4.69, 9.17) is 4.74 Å². The summed E-state index contributed by atoms with van der Waals surface area (Å²) in [4.78, 5) is 8.45. The van der Waals surface area contributed by atoms with E-state index in [0.717, 1.165) is 5.92 Å². The predicted molar refractivity (Wildman–Crippen MR) is 63.6 cm³/mol. The summed E-state index contributed by atoms with van der Waals surface area (Å²) in [7, 11) is 1.62. The lowest BCUT2D eigenvalue weighted by molar-refractivity contribution is 0.396. The number of aromatic nitrogens is 2. The summed E-state index contributed by atoms with van der Waals surface area (Å²) < 4.78 is 5.07. The van der Waals surface area contributed by atoms with E-state index in [9.17, 15) is 0 Å². The van der Waals surface area contributed by atoms with Crippen LogP contribution in [0, 0.1) is 5.92 Å². The van der Waals surface area contributed by atoms with E-state index in [1.54, 1.807) is 19.4 Å². The van der Waals surface area contributed by atoms with Crippen molar-refractivity contribution in [3.8, 4) is 5.88 Å². The first-order valence-electron chi connectivity index (χ1n) is 5.93. The van der Waals surface area contributed by atoms with Gasteiger partial charge in [0, 0.05) is 18.3 Å². The quantitative estimate of drug-likeness (QED) is 0.848. The fourth-order valence-electron chi connectivity index (χ4n) is 2.30. The zero-order valence-electron chi connectivity index (χ0n) is 9.94. The molecule has 0 bridgehead atoms. The van der Waals surface area contributed by atoms with Crippen LogP contribution in [-0.2, 0) is 0 Å². The van der Waals surface area contributed by atoms with Crippen LogP contribution in [-0.4, -0.2) is 23.1 Å². The Morgan fingerprint density at radius 1 is 1.44 bits per heavy atom. The van der Waals surface area contributed by atoms with Crippen molar-refractivity contribution in [3.63, 3.8) is 0 Å². The topological polar surface area (TPSA) is 47.0 Å². The van der Waals surface area contributed by atoms with Crippen molar-refractivity contribution in [1.82, 2.24) is 9.97 Å². The fraction of sp³-hybridized carbons (Fsp3) is 0.667. The summed E-state index contributed by atoms with van der Waals surface area (Å²) in [5.41, 5.74) is 0. The average Bonchev–Trinajstić information content (AvgIpc) is 2.83. The van der Waals surface area contributed by atoms with E-state index < -0.39 is 0 Å². The maximum absolute atomic E-state index is 5.07. The van der Waals surface area contributed by atoms with E-state index in [0.29, 0.717) is 17.9 Å². The number of nitrogens with zero attached hydrogens (tertiary/aromatic N) is 2. The van der Waals surface area contributed by atoms with Gasteiger partial charge in [0.15, 0.2) is 0 Å². The van der Waals surface area contributed by atoms with Crippen LogP contribution >= 0.6 is 0 Å². The van der Waals surface area contributed by atoms with Crippen LogP contribution in [0.15, 0.2) is 12.3 Å². The lowest BCUT2D eigenvalue weighted by Gasteiger charge is -2.20. The van der Waals surface area contributed by atoms with Gasteiger partial charge >= 0.3 is 0 Å². The first-order valence-corrected chi connectivity index (χ1v) is 5.93. The zero-order valence-corrected chi connectivity index (χ0v) is 9.94. The smallest absolute Gasteiger partial charge is 0.226 e. The second-order valence-corrected chi connectivity index (χ2v) is 4.40. The second-order valence-electron chi connectivity index (χ2n) is 4.40. The van der Waals surface area contributed by atoms with Crippen LogP contribution in [0.3, 0.4) is 0 Å². The molecule has 4 heteroatoms. The number of methoxy groups -OCH3 is 1. The van der Waals surface area contributed by atoms with Gasteiger partial charge in [0.2, 0.25) is 11.8 Å². The van der Waals surface area contributed by atoms with E-state index in [1.807, 2.05) is 0 Å². The van der Waals surface area contributed by atoms with Gasteiger partial charge in [0.05, 0.1) is 7.11 Å². The standard InChI is InChI=1S/C12H19N3O/c1-9(10-5-3-4-6-10)14-12-13-8-7-11(15-12)16-2/h7-10H,3-6H2,1-2H3,(H,13,14,15). The fourth-order valence-corrected chi connectivity index (χ4v) is 2.30. The highest BCUT2D eigenvalue weighted by Crippen LogP contribution is 2.28. The molecule has 0 radical (unpaired) electrons. The molecule has 1 aromatic rings. The van der Waals surface area contributed by atoms with Gasteiger partial charge in [-0.2, -0.15) is 4.98 Å². The molecule has 0 saturated heterocycles. The van der Waals surface area contributed by atoms with E-state index in [2.05, 4.69) is 22.2 Å². The van der Waals surface area contributed by atoms with Crippen molar-refractivity contribution in [2.75, 3.05) is 12.4 Å². The van der Waals surface area contributed by atoms with E-state index in [-0.39, 0.29) is 0 Å². The highest BCUT2D eigenvalue weighted by Gasteiger charge is 2.21. The minimum Gasteiger partial charge on any atom is -0.481 e. The van der Waals surface area contributed by atoms with Crippen LogP contribution in [0.2, 0.25) is 0 Å². The molecule has 1 unspecified atom stereocenters. The molecule has 1 atom stereocenters. The zero-order chi connectivity index (χ0) is 11.4. The van der Waals surface area contributed by atoms with Crippen molar-refractivity contribution >= 4 is 5.95 Å². The number of hydrogen-bond acceptors (Lipinski definition) is 4. The summed E-state index contributed by atoms with van der Waals surface area (Å²) in [6.07, 6.45) is 7.07. The Bertz CT molecular complexity index is 337. The first kappa shape index (κ1) is 11.2. The molecule has 1 saturated carbocycles. The van der Waals surface area contributed by atoms with Crippen LogP contribution in [0.1, 0.15) is 32.6 Å². The number of ether oxygens (including phenoxy) is 1. The number of nitrogens with one attached hydrogen (secondary N) is 1. The maximum Gasteiger partial charge on any atom is 0.226 e. The van der Waals surface area contributed by atoms with Gasteiger partial charge in [-0.15, -0.1) is 0 Å². The molecule has 0 spiro atoms. The summed E-state index contributed by atoms with van der Waals surface area (Å²) in [5.74, 6) is 2.03. The molecule has 4 nitrogen and oxygen atoms in total. The van der Waals surface area contributed by atoms with Gasteiger partial charge in [0.25, 0.3) is 0 Å². The van der Waals surface area contributed by atoms with Crippen LogP contribution in [0.25, 0.3) is 0 Å². The lowest BCUT2D eigenvalue weighted by atomic mass is 10.0. The third-order valence-corrected chi connectivity index (χ3v) is 3.30. The van der Waals surface area contributed by atoms with Gasteiger partial charge in [-0.05, 0) is 25.7 Å². The highest BCUT2D eigenvalue weighted by atomic mass is 16.5.